The lowest BCUT2D eigenvalue weighted by atomic mass is 10.0. The molecule has 0 N–H and O–H groups in total. The van der Waals surface area contributed by atoms with Gasteiger partial charge in [-0.15, -0.1) is 0 Å². The highest BCUT2D eigenvalue weighted by Gasteiger charge is 2.33. The van der Waals surface area contributed by atoms with Gasteiger partial charge in [0.1, 0.15) is 5.60 Å². The fourth-order valence-electron chi connectivity index (χ4n) is 5.65. The molecule has 1 unspecified atom stereocenters. The maximum Gasteiger partial charge on any atom is 0.410 e. The first kappa shape index (κ1) is 29.3. The third-order valence-corrected chi connectivity index (χ3v) is 8.93. The number of carbonyl (C=O) groups excluding carboxylic acids is 2. The number of ether oxygens (including phenoxy) is 1. The molecule has 0 aliphatic carbocycles. The monoisotopic (exact) mass is 574 g/mol. The van der Waals surface area contributed by atoms with E-state index in [4.69, 9.17) is 9.72 Å². The number of Topliss-reactive ketones (excluding diaryl/α,β-unsaturated/α-hetero) is 1. The van der Waals surface area contributed by atoms with E-state index in [9.17, 15) is 9.59 Å². The van der Waals surface area contributed by atoms with Crippen molar-refractivity contribution in [2.45, 2.75) is 78.4 Å². The minimum Gasteiger partial charge on any atom is -0.444 e. The SMILES string of the molecule is CCN(CC)CCCCC(=O)c1ccc2c(c1)sc1nc(-c3ccc(C4CCCN4C(=O)OC(C)(C)C)cc3)cn12. The largest absolute Gasteiger partial charge is 0.444 e. The van der Waals surface area contributed by atoms with Crippen LogP contribution in [0.4, 0.5) is 4.79 Å². The number of nitrogens with zero attached hydrogens (tertiary/aromatic N) is 4. The first-order chi connectivity index (χ1) is 19.7. The van der Waals surface area contributed by atoms with Crippen molar-refractivity contribution >= 4 is 38.4 Å². The van der Waals surface area contributed by atoms with Crippen molar-refractivity contribution in [2.24, 2.45) is 0 Å². The smallest absolute Gasteiger partial charge is 0.410 e. The number of hydrogen-bond donors (Lipinski definition) is 0. The number of likely N-dealkylation sites (tertiary alicyclic amines) is 1. The van der Waals surface area contributed by atoms with E-state index in [-0.39, 0.29) is 17.9 Å². The zero-order chi connectivity index (χ0) is 29.1. The second-order valence-corrected chi connectivity index (χ2v) is 12.9. The molecule has 5 rings (SSSR count). The number of rotatable bonds is 10. The number of imidazole rings is 1. The summed E-state index contributed by atoms with van der Waals surface area (Å²) >= 11 is 1.61. The molecule has 3 heterocycles. The lowest BCUT2D eigenvalue weighted by molar-refractivity contribution is 0.0224. The van der Waals surface area contributed by atoms with Gasteiger partial charge in [0, 0.05) is 30.3 Å². The molecule has 0 radical (unpaired) electrons. The molecule has 1 aliphatic rings. The van der Waals surface area contributed by atoms with Gasteiger partial charge in [-0.2, -0.15) is 0 Å². The van der Waals surface area contributed by atoms with E-state index in [1.54, 1.807) is 11.3 Å². The quantitative estimate of drug-likeness (QED) is 0.142. The van der Waals surface area contributed by atoms with E-state index in [2.05, 4.69) is 53.6 Å². The second-order valence-electron chi connectivity index (χ2n) is 11.9. The summed E-state index contributed by atoms with van der Waals surface area (Å²) in [4.78, 5) is 35.7. The van der Waals surface area contributed by atoms with Crippen molar-refractivity contribution in [3.05, 3.63) is 59.8 Å². The van der Waals surface area contributed by atoms with Crippen LogP contribution in [-0.2, 0) is 4.74 Å². The van der Waals surface area contributed by atoms with Gasteiger partial charge in [0.2, 0.25) is 0 Å². The number of hydrogen-bond acceptors (Lipinski definition) is 6. The van der Waals surface area contributed by atoms with Crippen molar-refractivity contribution in [3.63, 3.8) is 0 Å². The zero-order valence-corrected chi connectivity index (χ0v) is 25.8. The van der Waals surface area contributed by atoms with Crippen LogP contribution in [0.3, 0.4) is 0 Å². The Morgan fingerprint density at radius 1 is 1.07 bits per heavy atom. The van der Waals surface area contributed by atoms with E-state index in [0.29, 0.717) is 6.42 Å². The number of ketones is 1. The molecule has 0 bridgehead atoms. The Balaban J connectivity index is 1.26. The number of aromatic nitrogens is 2. The molecule has 1 aliphatic heterocycles. The lowest BCUT2D eigenvalue weighted by Crippen LogP contribution is -2.36. The van der Waals surface area contributed by atoms with Gasteiger partial charge in [-0.3, -0.25) is 9.20 Å². The average molecular weight is 575 g/mol. The van der Waals surface area contributed by atoms with Crippen molar-refractivity contribution in [1.82, 2.24) is 19.2 Å². The minimum absolute atomic E-state index is 0.0348. The Labute approximate surface area is 247 Å². The number of amides is 1. The third-order valence-electron chi connectivity index (χ3n) is 7.91. The van der Waals surface area contributed by atoms with E-state index >= 15 is 0 Å². The summed E-state index contributed by atoms with van der Waals surface area (Å²) in [6.45, 7) is 14.0. The van der Waals surface area contributed by atoms with Gasteiger partial charge in [-0.1, -0.05) is 49.4 Å². The summed E-state index contributed by atoms with van der Waals surface area (Å²) in [5.74, 6) is 0.214. The number of benzene rings is 2. The van der Waals surface area contributed by atoms with Gasteiger partial charge in [0.05, 0.1) is 22.0 Å². The molecule has 7 nitrogen and oxygen atoms in total. The van der Waals surface area contributed by atoms with Crippen LogP contribution in [0.2, 0.25) is 0 Å². The molecule has 1 amide bonds. The Bertz CT molecular complexity index is 1510. The van der Waals surface area contributed by atoms with Crippen molar-refractivity contribution in [3.8, 4) is 11.3 Å². The summed E-state index contributed by atoms with van der Waals surface area (Å²) in [5, 5.41) is 0. The van der Waals surface area contributed by atoms with E-state index in [1.165, 1.54) is 0 Å². The Kier molecular flexibility index (Phi) is 8.80. The van der Waals surface area contributed by atoms with Crippen molar-refractivity contribution < 1.29 is 14.3 Å². The standard InChI is InChI=1S/C33H42N4O3S/c1-6-35(7-2)19-9-8-12-29(38)25-17-18-28-30(21-25)41-31-34-26(22-37(28)31)23-13-15-24(16-14-23)27-11-10-20-36(27)32(39)40-33(3,4)5/h13-18,21-22,27H,6-12,19-20H2,1-5H3. The average Bonchev–Trinajstić information content (AvgIpc) is 3.67. The fourth-order valence-corrected chi connectivity index (χ4v) is 6.69. The summed E-state index contributed by atoms with van der Waals surface area (Å²) in [6, 6.07) is 14.4. The van der Waals surface area contributed by atoms with E-state index in [0.717, 1.165) is 89.4 Å². The van der Waals surface area contributed by atoms with Crippen LogP contribution in [0.1, 0.15) is 88.7 Å². The highest BCUT2D eigenvalue weighted by molar-refractivity contribution is 7.23. The zero-order valence-electron chi connectivity index (χ0n) is 25.0. The van der Waals surface area contributed by atoms with Gasteiger partial charge in [0.15, 0.2) is 10.7 Å². The van der Waals surface area contributed by atoms with Gasteiger partial charge in [-0.05, 0) is 89.9 Å². The first-order valence-corrected chi connectivity index (χ1v) is 15.8. The summed E-state index contributed by atoms with van der Waals surface area (Å²) in [7, 11) is 0. The molecule has 1 atom stereocenters. The van der Waals surface area contributed by atoms with Crippen LogP contribution < -0.4 is 0 Å². The minimum atomic E-state index is -0.506. The Hall–Kier alpha value is -3.23. The van der Waals surface area contributed by atoms with Gasteiger partial charge >= 0.3 is 6.09 Å². The molecule has 4 aromatic rings. The molecular weight excluding hydrogens is 532 g/mol. The first-order valence-electron chi connectivity index (χ1n) is 14.9. The van der Waals surface area contributed by atoms with Crippen molar-refractivity contribution in [2.75, 3.05) is 26.2 Å². The highest BCUT2D eigenvalue weighted by Crippen LogP contribution is 2.35. The van der Waals surface area contributed by atoms with Crippen LogP contribution >= 0.6 is 11.3 Å². The fraction of sp³-hybridized carbons (Fsp3) is 0.485. The predicted octanol–water partition coefficient (Wildman–Crippen LogP) is 7.98. The molecule has 1 fully saturated rings. The molecule has 2 aromatic carbocycles. The predicted molar refractivity (Wildman–Crippen MR) is 167 cm³/mol. The van der Waals surface area contributed by atoms with Crippen LogP contribution in [0.5, 0.6) is 0 Å². The molecule has 0 saturated carbocycles. The Morgan fingerprint density at radius 3 is 2.54 bits per heavy atom. The lowest BCUT2D eigenvalue weighted by Gasteiger charge is -2.28. The maximum atomic E-state index is 12.8. The van der Waals surface area contributed by atoms with Gasteiger partial charge < -0.3 is 14.5 Å². The van der Waals surface area contributed by atoms with Crippen LogP contribution in [0.25, 0.3) is 26.4 Å². The van der Waals surface area contributed by atoms with Gasteiger partial charge in [0.25, 0.3) is 0 Å². The number of fused-ring (bicyclic) bond motifs is 3. The number of thiazole rings is 1. The molecule has 1 saturated heterocycles. The molecule has 0 spiro atoms. The molecule has 2 aromatic heterocycles. The topological polar surface area (TPSA) is 67.2 Å². The summed E-state index contributed by atoms with van der Waals surface area (Å²) < 4.78 is 8.83. The normalized spacial score (nSPS) is 15.9. The molecule has 41 heavy (non-hydrogen) atoms. The van der Waals surface area contributed by atoms with Crippen molar-refractivity contribution in [1.29, 1.82) is 0 Å². The molecular formula is C33H42N4O3S. The van der Waals surface area contributed by atoms with E-state index in [1.807, 2.05) is 43.9 Å². The number of unbranched alkanes of at least 4 members (excludes halogenated alkanes) is 1. The van der Waals surface area contributed by atoms with Gasteiger partial charge in [-0.25, -0.2) is 9.78 Å². The summed E-state index contributed by atoms with van der Waals surface area (Å²) in [5.41, 5.74) is 4.41. The molecule has 218 valence electrons. The van der Waals surface area contributed by atoms with Crippen LogP contribution in [-0.4, -0.2) is 62.8 Å². The Morgan fingerprint density at radius 2 is 1.83 bits per heavy atom. The van der Waals surface area contributed by atoms with Crippen LogP contribution in [0.15, 0.2) is 48.7 Å². The van der Waals surface area contributed by atoms with E-state index < -0.39 is 5.60 Å². The third kappa shape index (κ3) is 6.65. The second kappa shape index (κ2) is 12.3. The van der Waals surface area contributed by atoms with Crippen LogP contribution in [0, 0.1) is 0 Å². The number of carbonyl (C=O) groups is 2. The highest BCUT2D eigenvalue weighted by atomic mass is 32.1. The summed E-state index contributed by atoms with van der Waals surface area (Å²) in [6.07, 6.45) is 6.29. The maximum absolute atomic E-state index is 12.8. The molecule has 8 heteroatoms.